The second-order valence-corrected chi connectivity index (χ2v) is 6.73. The molecular weight excluding hydrogens is 236 g/mol. The van der Waals surface area contributed by atoms with Crippen LogP contribution in [-0.2, 0) is 0 Å². The topological polar surface area (TPSA) is 35.5 Å². The first kappa shape index (κ1) is 16.9. The van der Waals surface area contributed by atoms with Crippen molar-refractivity contribution in [2.24, 2.45) is 11.8 Å². The van der Waals surface area contributed by atoms with Crippen LogP contribution >= 0.6 is 0 Å². The quantitative estimate of drug-likeness (QED) is 0.640. The zero-order valence-electron chi connectivity index (χ0n) is 13.6. The molecule has 1 fully saturated rings. The van der Waals surface area contributed by atoms with E-state index >= 15 is 0 Å². The van der Waals surface area contributed by atoms with Crippen molar-refractivity contribution in [1.29, 1.82) is 0 Å². The number of hydrogen-bond donors (Lipinski definition) is 2. The highest BCUT2D eigenvalue weighted by molar-refractivity contribution is 5.03. The highest BCUT2D eigenvalue weighted by Gasteiger charge is 2.45. The third-order valence-electron chi connectivity index (χ3n) is 4.44. The SMILES string of the molecule is CCC(C)CN(CC)CC(CO)(NC(C)C)C1CC1. The second kappa shape index (κ2) is 7.61. The van der Waals surface area contributed by atoms with Crippen molar-refractivity contribution in [3.8, 4) is 0 Å². The summed E-state index contributed by atoms with van der Waals surface area (Å²) < 4.78 is 0. The van der Waals surface area contributed by atoms with Gasteiger partial charge in [0.15, 0.2) is 0 Å². The van der Waals surface area contributed by atoms with E-state index in [-0.39, 0.29) is 12.1 Å². The molecule has 0 spiro atoms. The fraction of sp³-hybridized carbons (Fsp3) is 1.00. The van der Waals surface area contributed by atoms with Crippen molar-refractivity contribution in [2.75, 3.05) is 26.2 Å². The van der Waals surface area contributed by atoms with Gasteiger partial charge in [-0.15, -0.1) is 0 Å². The summed E-state index contributed by atoms with van der Waals surface area (Å²) >= 11 is 0. The predicted molar refractivity (Wildman–Crippen MR) is 82.4 cm³/mol. The molecule has 0 amide bonds. The van der Waals surface area contributed by atoms with Gasteiger partial charge in [-0.25, -0.2) is 0 Å². The van der Waals surface area contributed by atoms with E-state index in [2.05, 4.69) is 44.8 Å². The largest absolute Gasteiger partial charge is 0.394 e. The van der Waals surface area contributed by atoms with E-state index in [4.69, 9.17) is 0 Å². The van der Waals surface area contributed by atoms with E-state index in [0.29, 0.717) is 12.0 Å². The van der Waals surface area contributed by atoms with Crippen LogP contribution in [0.3, 0.4) is 0 Å². The van der Waals surface area contributed by atoms with Crippen LogP contribution in [0.5, 0.6) is 0 Å². The lowest BCUT2D eigenvalue weighted by Crippen LogP contribution is -2.60. The van der Waals surface area contributed by atoms with Gasteiger partial charge in [0.25, 0.3) is 0 Å². The molecule has 0 aromatic carbocycles. The van der Waals surface area contributed by atoms with E-state index in [0.717, 1.165) is 25.6 Å². The minimum atomic E-state index is -0.0857. The number of likely N-dealkylation sites (N-methyl/N-ethyl adjacent to an activating group) is 1. The molecule has 3 nitrogen and oxygen atoms in total. The molecule has 0 heterocycles. The van der Waals surface area contributed by atoms with Crippen molar-refractivity contribution in [2.45, 2.75) is 65.5 Å². The first-order chi connectivity index (χ1) is 8.97. The predicted octanol–water partition coefficient (Wildman–Crippen LogP) is 2.49. The average Bonchev–Trinajstić information content (AvgIpc) is 3.20. The summed E-state index contributed by atoms with van der Waals surface area (Å²) in [5, 5.41) is 13.7. The summed E-state index contributed by atoms with van der Waals surface area (Å²) in [4.78, 5) is 2.51. The van der Waals surface area contributed by atoms with Gasteiger partial charge in [-0.1, -0.05) is 41.0 Å². The molecule has 0 aromatic heterocycles. The molecule has 1 rings (SSSR count). The fourth-order valence-electron chi connectivity index (χ4n) is 3.00. The summed E-state index contributed by atoms with van der Waals surface area (Å²) in [5.74, 6) is 1.39. The molecule has 114 valence electrons. The van der Waals surface area contributed by atoms with E-state index in [1.165, 1.54) is 19.3 Å². The summed E-state index contributed by atoms with van der Waals surface area (Å²) in [7, 11) is 0. The second-order valence-electron chi connectivity index (χ2n) is 6.73. The summed E-state index contributed by atoms with van der Waals surface area (Å²) in [5.41, 5.74) is -0.0857. The Bertz CT molecular complexity index is 253. The lowest BCUT2D eigenvalue weighted by molar-refractivity contribution is 0.0795. The monoisotopic (exact) mass is 270 g/mol. The first-order valence-electron chi connectivity index (χ1n) is 8.08. The average molecular weight is 270 g/mol. The van der Waals surface area contributed by atoms with Crippen molar-refractivity contribution >= 4 is 0 Å². The lowest BCUT2D eigenvalue weighted by Gasteiger charge is -2.40. The third-order valence-corrected chi connectivity index (χ3v) is 4.44. The van der Waals surface area contributed by atoms with Crippen molar-refractivity contribution in [1.82, 2.24) is 10.2 Å². The van der Waals surface area contributed by atoms with Crippen LogP contribution in [0.15, 0.2) is 0 Å². The smallest absolute Gasteiger partial charge is 0.0628 e. The zero-order chi connectivity index (χ0) is 14.5. The summed E-state index contributed by atoms with van der Waals surface area (Å²) in [6, 6.07) is 0.426. The van der Waals surface area contributed by atoms with Crippen LogP contribution in [0.4, 0.5) is 0 Å². The number of aliphatic hydroxyl groups is 1. The number of nitrogens with one attached hydrogen (secondary N) is 1. The molecule has 3 heteroatoms. The van der Waals surface area contributed by atoms with Crippen LogP contribution in [0.1, 0.15) is 53.9 Å². The molecule has 1 aliphatic carbocycles. The van der Waals surface area contributed by atoms with Crippen LogP contribution in [0, 0.1) is 11.8 Å². The number of aliphatic hydroxyl groups excluding tert-OH is 1. The molecule has 2 unspecified atom stereocenters. The number of nitrogens with zero attached hydrogens (tertiary/aromatic N) is 1. The Kier molecular flexibility index (Phi) is 6.78. The van der Waals surface area contributed by atoms with Crippen molar-refractivity contribution in [3.63, 3.8) is 0 Å². The van der Waals surface area contributed by atoms with E-state index in [1.807, 2.05) is 0 Å². The molecule has 0 bridgehead atoms. The molecular formula is C16H34N2O. The van der Waals surface area contributed by atoms with Gasteiger partial charge in [0.2, 0.25) is 0 Å². The van der Waals surface area contributed by atoms with Gasteiger partial charge in [0.1, 0.15) is 0 Å². The highest BCUT2D eigenvalue weighted by atomic mass is 16.3. The Morgan fingerprint density at radius 1 is 1.26 bits per heavy atom. The van der Waals surface area contributed by atoms with Crippen LogP contribution in [0.2, 0.25) is 0 Å². The minimum absolute atomic E-state index is 0.0857. The fourth-order valence-corrected chi connectivity index (χ4v) is 3.00. The van der Waals surface area contributed by atoms with Crippen LogP contribution in [-0.4, -0.2) is 47.8 Å². The third kappa shape index (κ3) is 5.05. The van der Waals surface area contributed by atoms with Gasteiger partial charge >= 0.3 is 0 Å². The van der Waals surface area contributed by atoms with Crippen molar-refractivity contribution < 1.29 is 5.11 Å². The van der Waals surface area contributed by atoms with E-state index in [1.54, 1.807) is 0 Å². The van der Waals surface area contributed by atoms with E-state index in [9.17, 15) is 5.11 Å². The highest BCUT2D eigenvalue weighted by Crippen LogP contribution is 2.40. The van der Waals surface area contributed by atoms with Gasteiger partial charge in [-0.2, -0.15) is 0 Å². The molecule has 2 atom stereocenters. The Morgan fingerprint density at radius 3 is 2.26 bits per heavy atom. The van der Waals surface area contributed by atoms with Crippen LogP contribution in [0.25, 0.3) is 0 Å². The standard InChI is InChI=1S/C16H34N2O/c1-6-14(5)10-18(7-2)11-16(12-19,15-8-9-15)17-13(3)4/h13-15,17,19H,6-12H2,1-5H3. The van der Waals surface area contributed by atoms with Gasteiger partial charge in [-0.05, 0) is 31.2 Å². The first-order valence-corrected chi connectivity index (χ1v) is 8.08. The maximum absolute atomic E-state index is 9.98. The Labute approximate surface area is 119 Å². The molecule has 1 saturated carbocycles. The minimum Gasteiger partial charge on any atom is -0.394 e. The molecule has 0 radical (unpaired) electrons. The number of rotatable bonds is 10. The normalized spacial score (nSPS) is 20.8. The molecule has 0 saturated heterocycles. The van der Waals surface area contributed by atoms with E-state index < -0.39 is 0 Å². The van der Waals surface area contributed by atoms with Crippen molar-refractivity contribution in [3.05, 3.63) is 0 Å². The van der Waals surface area contributed by atoms with Gasteiger partial charge in [0, 0.05) is 19.1 Å². The Hall–Kier alpha value is -0.120. The molecule has 0 aromatic rings. The summed E-state index contributed by atoms with van der Waals surface area (Å²) in [6.07, 6.45) is 3.76. The Morgan fingerprint density at radius 2 is 1.89 bits per heavy atom. The molecule has 19 heavy (non-hydrogen) atoms. The van der Waals surface area contributed by atoms with Gasteiger partial charge < -0.3 is 15.3 Å². The lowest BCUT2D eigenvalue weighted by atomic mass is 9.91. The maximum atomic E-state index is 9.98. The Balaban J connectivity index is 2.68. The van der Waals surface area contributed by atoms with Gasteiger partial charge in [0.05, 0.1) is 12.1 Å². The molecule has 0 aliphatic heterocycles. The maximum Gasteiger partial charge on any atom is 0.0628 e. The zero-order valence-corrected chi connectivity index (χ0v) is 13.6. The van der Waals surface area contributed by atoms with Crippen LogP contribution < -0.4 is 5.32 Å². The summed E-state index contributed by atoms with van der Waals surface area (Å²) in [6.45, 7) is 14.6. The van der Waals surface area contributed by atoms with Gasteiger partial charge in [-0.3, -0.25) is 0 Å². The number of hydrogen-bond acceptors (Lipinski definition) is 3. The molecule has 1 aliphatic rings. The molecule has 2 N–H and O–H groups in total.